The summed E-state index contributed by atoms with van der Waals surface area (Å²) in [5.41, 5.74) is 0.929. The van der Waals surface area contributed by atoms with Crippen LogP contribution in [-0.2, 0) is 11.3 Å². The third-order valence-electron chi connectivity index (χ3n) is 3.61. The van der Waals surface area contributed by atoms with Gasteiger partial charge in [0.1, 0.15) is 0 Å². The van der Waals surface area contributed by atoms with Crippen molar-refractivity contribution in [3.8, 4) is 0 Å². The average Bonchev–Trinajstić information content (AvgIpc) is 2.45. The van der Waals surface area contributed by atoms with Crippen molar-refractivity contribution in [1.82, 2.24) is 10.6 Å². The highest BCUT2D eigenvalue weighted by atomic mass is 35.5. The topological polar surface area (TPSA) is 84.3 Å². The Morgan fingerprint density at radius 3 is 2.67 bits per heavy atom. The summed E-state index contributed by atoms with van der Waals surface area (Å²) in [4.78, 5) is 22.2. The molecule has 0 unspecified atom stereocenters. The van der Waals surface area contributed by atoms with Crippen molar-refractivity contribution in [3.63, 3.8) is 0 Å². The van der Waals surface area contributed by atoms with E-state index in [1.54, 1.807) is 12.1 Å². The molecule has 1 aliphatic heterocycles. The van der Waals surface area contributed by atoms with E-state index in [2.05, 4.69) is 17.6 Å². The van der Waals surface area contributed by atoms with Crippen molar-refractivity contribution in [1.29, 1.82) is 0 Å². The Morgan fingerprint density at radius 1 is 1.43 bits per heavy atom. The van der Waals surface area contributed by atoms with Gasteiger partial charge < -0.3 is 10.6 Å². The minimum absolute atomic E-state index is 0. The van der Waals surface area contributed by atoms with Gasteiger partial charge in [-0.05, 0) is 31.9 Å². The highest BCUT2D eigenvalue weighted by Crippen LogP contribution is 2.16. The number of non-ortho nitro benzene ring substituents is 1. The summed E-state index contributed by atoms with van der Waals surface area (Å²) >= 11 is 0. The van der Waals surface area contributed by atoms with E-state index >= 15 is 0 Å². The maximum Gasteiger partial charge on any atom is 0.269 e. The van der Waals surface area contributed by atoms with Crippen molar-refractivity contribution >= 4 is 24.0 Å². The Balaban J connectivity index is 0.00000220. The number of nitro groups is 1. The first-order valence-electron chi connectivity index (χ1n) is 6.80. The number of nitro benzene ring substituents is 1. The molecule has 0 spiro atoms. The van der Waals surface area contributed by atoms with E-state index in [0.717, 1.165) is 24.9 Å². The summed E-state index contributed by atoms with van der Waals surface area (Å²) in [5.74, 6) is 0.126. The Kier molecular flexibility index (Phi) is 6.58. The van der Waals surface area contributed by atoms with Crippen LogP contribution in [0.1, 0.15) is 25.3 Å². The smallest absolute Gasteiger partial charge is 0.269 e. The molecular formula is C14H20ClN3O3. The lowest BCUT2D eigenvalue weighted by Gasteiger charge is -2.27. The Labute approximate surface area is 129 Å². The summed E-state index contributed by atoms with van der Waals surface area (Å²) in [6.45, 7) is 3.36. The van der Waals surface area contributed by atoms with E-state index in [-0.39, 0.29) is 29.9 Å². The number of hydrogen-bond acceptors (Lipinski definition) is 4. The molecule has 21 heavy (non-hydrogen) atoms. The lowest BCUT2D eigenvalue weighted by atomic mass is 9.92. The molecule has 7 heteroatoms. The lowest BCUT2D eigenvalue weighted by Crippen LogP contribution is -2.42. The number of halogens is 1. The SMILES string of the molecule is C[C@H]1C[C@@H](C(=O)NCc2ccc([N+](=O)[O-])cc2)CCN1.Cl. The molecule has 2 rings (SSSR count). The predicted molar refractivity (Wildman–Crippen MR) is 82.4 cm³/mol. The van der Waals surface area contributed by atoms with E-state index in [9.17, 15) is 14.9 Å². The quantitative estimate of drug-likeness (QED) is 0.658. The van der Waals surface area contributed by atoms with E-state index in [0.29, 0.717) is 12.6 Å². The molecule has 116 valence electrons. The number of amides is 1. The first kappa shape index (κ1) is 17.4. The number of nitrogens with one attached hydrogen (secondary N) is 2. The fourth-order valence-electron chi connectivity index (χ4n) is 2.44. The molecule has 1 heterocycles. The summed E-state index contributed by atoms with van der Waals surface area (Å²) < 4.78 is 0. The highest BCUT2D eigenvalue weighted by molar-refractivity contribution is 5.85. The molecule has 2 atom stereocenters. The zero-order valence-corrected chi connectivity index (χ0v) is 12.7. The normalized spacial score (nSPS) is 21.2. The van der Waals surface area contributed by atoms with Crippen LogP contribution in [0.5, 0.6) is 0 Å². The number of benzene rings is 1. The molecule has 1 fully saturated rings. The van der Waals surface area contributed by atoms with Crippen LogP contribution in [0.4, 0.5) is 5.69 Å². The molecular weight excluding hydrogens is 294 g/mol. The monoisotopic (exact) mass is 313 g/mol. The lowest BCUT2D eigenvalue weighted by molar-refractivity contribution is -0.384. The first-order valence-corrected chi connectivity index (χ1v) is 6.80. The molecule has 1 amide bonds. The maximum atomic E-state index is 12.0. The van der Waals surface area contributed by atoms with Crippen LogP contribution < -0.4 is 10.6 Å². The van der Waals surface area contributed by atoms with E-state index < -0.39 is 4.92 Å². The van der Waals surface area contributed by atoms with Gasteiger partial charge in [0.2, 0.25) is 5.91 Å². The van der Waals surface area contributed by atoms with Gasteiger partial charge >= 0.3 is 0 Å². The molecule has 0 bridgehead atoms. The number of nitrogens with zero attached hydrogens (tertiary/aromatic N) is 1. The Morgan fingerprint density at radius 2 is 2.10 bits per heavy atom. The molecule has 1 aromatic carbocycles. The van der Waals surface area contributed by atoms with Gasteiger partial charge in [0.05, 0.1) is 4.92 Å². The van der Waals surface area contributed by atoms with Crippen LogP contribution in [0, 0.1) is 16.0 Å². The molecule has 0 radical (unpaired) electrons. The minimum atomic E-state index is -0.432. The largest absolute Gasteiger partial charge is 0.352 e. The maximum absolute atomic E-state index is 12.0. The van der Waals surface area contributed by atoms with E-state index in [4.69, 9.17) is 0 Å². The first-order chi connectivity index (χ1) is 9.56. The zero-order valence-electron chi connectivity index (χ0n) is 11.9. The van der Waals surface area contributed by atoms with Gasteiger partial charge in [0, 0.05) is 30.6 Å². The predicted octanol–water partition coefficient (Wildman–Crippen LogP) is 2.02. The van der Waals surface area contributed by atoms with Gasteiger partial charge in [-0.3, -0.25) is 14.9 Å². The standard InChI is InChI=1S/C14H19N3O3.ClH/c1-10-8-12(6-7-15-10)14(18)16-9-11-2-4-13(5-3-11)17(19)20;/h2-5,10,12,15H,6-9H2,1H3,(H,16,18);1H/t10-,12-;/m0./s1. The summed E-state index contributed by atoms with van der Waals surface area (Å²) in [5, 5.41) is 16.8. The van der Waals surface area contributed by atoms with Crippen molar-refractivity contribution in [2.24, 2.45) is 5.92 Å². The number of piperidine rings is 1. The third kappa shape index (κ3) is 4.99. The van der Waals surface area contributed by atoms with E-state index in [1.807, 2.05) is 0 Å². The van der Waals surface area contributed by atoms with Gasteiger partial charge in [-0.15, -0.1) is 12.4 Å². The van der Waals surface area contributed by atoms with Gasteiger partial charge in [0.15, 0.2) is 0 Å². The average molecular weight is 314 g/mol. The number of carbonyl (C=O) groups is 1. The summed E-state index contributed by atoms with van der Waals surface area (Å²) in [7, 11) is 0. The highest BCUT2D eigenvalue weighted by Gasteiger charge is 2.24. The molecule has 1 aliphatic rings. The van der Waals surface area contributed by atoms with Gasteiger partial charge in [-0.1, -0.05) is 12.1 Å². The van der Waals surface area contributed by atoms with Crippen LogP contribution >= 0.6 is 12.4 Å². The third-order valence-corrected chi connectivity index (χ3v) is 3.61. The number of carbonyl (C=O) groups excluding carboxylic acids is 1. The summed E-state index contributed by atoms with van der Waals surface area (Å²) in [6, 6.07) is 6.62. The fourth-order valence-corrected chi connectivity index (χ4v) is 2.44. The van der Waals surface area contributed by atoms with Crippen LogP contribution in [0.2, 0.25) is 0 Å². The minimum Gasteiger partial charge on any atom is -0.352 e. The Hall–Kier alpha value is -1.66. The van der Waals surface area contributed by atoms with Crippen molar-refractivity contribution < 1.29 is 9.72 Å². The Bertz CT molecular complexity index is 493. The second-order valence-corrected chi connectivity index (χ2v) is 5.22. The van der Waals surface area contributed by atoms with Gasteiger partial charge in [-0.25, -0.2) is 0 Å². The second kappa shape index (κ2) is 7.95. The molecule has 6 nitrogen and oxygen atoms in total. The number of rotatable bonds is 4. The molecule has 1 aromatic rings. The summed E-state index contributed by atoms with van der Waals surface area (Å²) in [6.07, 6.45) is 1.71. The molecule has 0 aliphatic carbocycles. The van der Waals surface area contributed by atoms with E-state index in [1.165, 1.54) is 12.1 Å². The molecule has 0 saturated carbocycles. The van der Waals surface area contributed by atoms with Crippen molar-refractivity contribution in [2.75, 3.05) is 6.54 Å². The fraction of sp³-hybridized carbons (Fsp3) is 0.500. The van der Waals surface area contributed by atoms with Gasteiger partial charge in [0.25, 0.3) is 5.69 Å². The van der Waals surface area contributed by atoms with Crippen molar-refractivity contribution in [2.45, 2.75) is 32.4 Å². The van der Waals surface area contributed by atoms with Crippen molar-refractivity contribution in [3.05, 3.63) is 39.9 Å². The van der Waals surface area contributed by atoms with Crippen LogP contribution in [-0.4, -0.2) is 23.4 Å². The molecule has 1 saturated heterocycles. The zero-order chi connectivity index (χ0) is 14.5. The van der Waals surface area contributed by atoms with Crippen LogP contribution in [0.3, 0.4) is 0 Å². The number of hydrogen-bond donors (Lipinski definition) is 2. The second-order valence-electron chi connectivity index (χ2n) is 5.22. The molecule has 0 aromatic heterocycles. The van der Waals surface area contributed by atoms with Crippen LogP contribution in [0.15, 0.2) is 24.3 Å². The van der Waals surface area contributed by atoms with Crippen LogP contribution in [0.25, 0.3) is 0 Å². The van der Waals surface area contributed by atoms with Gasteiger partial charge in [-0.2, -0.15) is 0 Å². The molecule has 2 N–H and O–H groups in total.